The van der Waals surface area contributed by atoms with E-state index in [4.69, 9.17) is 11.6 Å². The molecule has 0 unspecified atom stereocenters. The van der Waals surface area contributed by atoms with E-state index in [1.54, 1.807) is 4.90 Å². The molecule has 3 rings (SSSR count). The molecule has 1 saturated heterocycles. The minimum atomic E-state index is -0.0578. The third-order valence-corrected chi connectivity index (χ3v) is 4.72. The largest absolute Gasteiger partial charge is 0.337 e. The summed E-state index contributed by atoms with van der Waals surface area (Å²) in [6.45, 7) is 3.70. The van der Waals surface area contributed by atoms with E-state index in [-0.39, 0.29) is 5.91 Å². The maximum atomic E-state index is 12.4. The van der Waals surface area contributed by atoms with Gasteiger partial charge in [0.25, 0.3) is 5.91 Å². The number of aromatic nitrogens is 1. The van der Waals surface area contributed by atoms with Crippen LogP contribution < -0.4 is 0 Å². The minimum absolute atomic E-state index is 0.0578. The van der Waals surface area contributed by atoms with Crippen molar-refractivity contribution in [1.82, 2.24) is 9.88 Å². The van der Waals surface area contributed by atoms with Crippen LogP contribution in [0.15, 0.2) is 28.7 Å². The summed E-state index contributed by atoms with van der Waals surface area (Å²) in [6, 6.07) is 7.55. The highest BCUT2D eigenvalue weighted by atomic mass is 79.9. The van der Waals surface area contributed by atoms with Crippen LogP contribution in [0.4, 0.5) is 0 Å². The molecular weight excluding hydrogens is 328 g/mol. The zero-order valence-corrected chi connectivity index (χ0v) is 12.7. The van der Waals surface area contributed by atoms with Crippen molar-refractivity contribution in [3.8, 4) is 0 Å². The van der Waals surface area contributed by atoms with E-state index in [1.165, 1.54) is 0 Å². The quantitative estimate of drug-likeness (QED) is 0.793. The number of halogens is 2. The maximum absolute atomic E-state index is 12.4. The van der Waals surface area contributed by atoms with Crippen LogP contribution >= 0.6 is 27.5 Å². The van der Waals surface area contributed by atoms with E-state index in [1.807, 2.05) is 24.3 Å². The van der Waals surface area contributed by atoms with Gasteiger partial charge in [0.1, 0.15) is 5.69 Å². The van der Waals surface area contributed by atoms with Gasteiger partial charge in [-0.3, -0.25) is 4.79 Å². The average Bonchev–Trinajstić information content (AvgIpc) is 2.38. The molecule has 0 atom stereocenters. The molecule has 1 aromatic heterocycles. The summed E-state index contributed by atoms with van der Waals surface area (Å²) in [4.78, 5) is 18.6. The van der Waals surface area contributed by atoms with Crippen molar-refractivity contribution in [2.75, 3.05) is 13.1 Å². The molecular formula is C14H12BrClN2O. The van der Waals surface area contributed by atoms with Gasteiger partial charge in [-0.25, -0.2) is 4.98 Å². The third-order valence-electron chi connectivity index (χ3n) is 3.33. The lowest BCUT2D eigenvalue weighted by molar-refractivity contribution is 0.0523. The molecule has 0 aliphatic carbocycles. The van der Waals surface area contributed by atoms with Gasteiger partial charge in [-0.1, -0.05) is 36.7 Å². The highest BCUT2D eigenvalue weighted by Crippen LogP contribution is 2.33. The molecule has 0 spiro atoms. The number of nitrogens with zero attached hydrogens (tertiary/aromatic N) is 2. The molecule has 98 valence electrons. The van der Waals surface area contributed by atoms with Crippen LogP contribution in [0, 0.1) is 5.92 Å². The summed E-state index contributed by atoms with van der Waals surface area (Å²) in [5.74, 6) is 0.510. The Hall–Kier alpha value is -1.13. The average molecular weight is 340 g/mol. The topological polar surface area (TPSA) is 33.2 Å². The lowest BCUT2D eigenvalue weighted by Gasteiger charge is -2.37. The molecule has 2 aromatic rings. The van der Waals surface area contributed by atoms with Crippen LogP contribution in [0.2, 0.25) is 5.02 Å². The van der Waals surface area contributed by atoms with Gasteiger partial charge in [0.15, 0.2) is 0 Å². The Morgan fingerprint density at radius 1 is 1.42 bits per heavy atom. The first kappa shape index (κ1) is 12.9. The monoisotopic (exact) mass is 338 g/mol. The summed E-state index contributed by atoms with van der Waals surface area (Å²) in [6.07, 6.45) is 0. The molecule has 2 heterocycles. The second kappa shape index (κ2) is 4.76. The Bertz CT molecular complexity index is 668. The molecule has 0 radical (unpaired) electrons. The number of rotatable bonds is 1. The number of pyridine rings is 1. The second-order valence-corrected chi connectivity index (χ2v) is 6.09. The van der Waals surface area contributed by atoms with Gasteiger partial charge in [0.05, 0.1) is 15.0 Å². The van der Waals surface area contributed by atoms with Gasteiger partial charge >= 0.3 is 0 Å². The number of hydrogen-bond acceptors (Lipinski definition) is 2. The first-order valence-electron chi connectivity index (χ1n) is 6.11. The summed E-state index contributed by atoms with van der Waals surface area (Å²) < 4.78 is 0.581. The lowest BCUT2D eigenvalue weighted by atomic mass is 10.0. The van der Waals surface area contributed by atoms with E-state index in [0.717, 1.165) is 24.0 Å². The molecule has 1 aliphatic heterocycles. The van der Waals surface area contributed by atoms with Gasteiger partial charge in [-0.15, -0.1) is 0 Å². The number of benzene rings is 1. The normalized spacial score (nSPS) is 15.6. The van der Waals surface area contributed by atoms with Crippen molar-refractivity contribution in [3.05, 3.63) is 39.5 Å². The van der Waals surface area contributed by atoms with Gasteiger partial charge in [-0.05, 0) is 27.9 Å². The van der Waals surface area contributed by atoms with Crippen molar-refractivity contribution >= 4 is 44.3 Å². The molecule has 3 nitrogen and oxygen atoms in total. The number of fused-ring (bicyclic) bond motifs is 1. The second-order valence-electron chi connectivity index (χ2n) is 4.92. The molecule has 1 aromatic carbocycles. The number of carbonyl (C=O) groups is 1. The first-order chi connectivity index (χ1) is 9.08. The molecule has 0 saturated carbocycles. The Balaban J connectivity index is 2.08. The van der Waals surface area contributed by atoms with Gasteiger partial charge in [0, 0.05) is 18.5 Å². The van der Waals surface area contributed by atoms with Crippen LogP contribution in [0.25, 0.3) is 10.9 Å². The maximum Gasteiger partial charge on any atom is 0.273 e. The van der Waals surface area contributed by atoms with Crippen molar-refractivity contribution in [1.29, 1.82) is 0 Å². The molecule has 5 heteroatoms. The predicted octanol–water partition coefficient (Wildman–Crippen LogP) is 3.74. The number of para-hydroxylation sites is 1. The van der Waals surface area contributed by atoms with Gasteiger partial charge in [0.2, 0.25) is 0 Å². The van der Waals surface area contributed by atoms with Crippen molar-refractivity contribution in [3.63, 3.8) is 0 Å². The van der Waals surface area contributed by atoms with Crippen LogP contribution in [-0.2, 0) is 0 Å². The lowest BCUT2D eigenvalue weighted by Crippen LogP contribution is -2.49. The molecule has 0 bridgehead atoms. The van der Waals surface area contributed by atoms with Crippen LogP contribution in [-0.4, -0.2) is 28.9 Å². The van der Waals surface area contributed by atoms with E-state index >= 15 is 0 Å². The fraction of sp³-hybridized carbons (Fsp3) is 0.286. The van der Waals surface area contributed by atoms with E-state index in [9.17, 15) is 4.79 Å². The Kier molecular flexibility index (Phi) is 3.23. The van der Waals surface area contributed by atoms with Crippen LogP contribution in [0.5, 0.6) is 0 Å². The molecule has 1 aliphatic rings. The summed E-state index contributed by atoms with van der Waals surface area (Å²) in [5, 5.41) is 1.40. The fourth-order valence-electron chi connectivity index (χ4n) is 2.30. The van der Waals surface area contributed by atoms with Crippen molar-refractivity contribution in [2.24, 2.45) is 5.92 Å². The van der Waals surface area contributed by atoms with Crippen LogP contribution in [0.3, 0.4) is 0 Å². The van der Waals surface area contributed by atoms with Crippen molar-refractivity contribution in [2.45, 2.75) is 6.92 Å². The van der Waals surface area contributed by atoms with E-state index in [2.05, 4.69) is 27.8 Å². The summed E-state index contributed by atoms with van der Waals surface area (Å²) in [7, 11) is 0. The molecule has 19 heavy (non-hydrogen) atoms. The number of amides is 1. The Morgan fingerprint density at radius 3 is 2.79 bits per heavy atom. The van der Waals surface area contributed by atoms with E-state index in [0.29, 0.717) is 21.1 Å². The fourth-order valence-corrected chi connectivity index (χ4v) is 3.03. The van der Waals surface area contributed by atoms with Gasteiger partial charge in [-0.2, -0.15) is 0 Å². The third kappa shape index (κ3) is 2.13. The molecule has 1 fully saturated rings. The number of hydrogen-bond donors (Lipinski definition) is 0. The Labute approximate surface area is 124 Å². The highest BCUT2D eigenvalue weighted by molar-refractivity contribution is 9.10. The summed E-state index contributed by atoms with van der Waals surface area (Å²) >= 11 is 9.71. The SMILES string of the molecule is CC1CN(C(=O)c2nc3ccccc3c(Cl)c2Br)C1. The number of likely N-dealkylation sites (tertiary alicyclic amines) is 1. The molecule has 1 amide bonds. The minimum Gasteiger partial charge on any atom is -0.337 e. The molecule has 0 N–H and O–H groups in total. The number of carbonyl (C=O) groups excluding carboxylic acids is 1. The van der Waals surface area contributed by atoms with E-state index < -0.39 is 0 Å². The zero-order chi connectivity index (χ0) is 13.6. The Morgan fingerprint density at radius 2 is 2.11 bits per heavy atom. The first-order valence-corrected chi connectivity index (χ1v) is 7.28. The standard InChI is InChI=1S/C14H12BrClN2O/c1-8-6-18(7-8)14(19)13-11(15)12(16)9-4-2-3-5-10(9)17-13/h2-5,8H,6-7H2,1H3. The van der Waals surface area contributed by atoms with Gasteiger partial charge < -0.3 is 4.90 Å². The van der Waals surface area contributed by atoms with Crippen molar-refractivity contribution < 1.29 is 4.79 Å². The smallest absolute Gasteiger partial charge is 0.273 e. The highest BCUT2D eigenvalue weighted by Gasteiger charge is 2.30. The zero-order valence-electron chi connectivity index (χ0n) is 10.4. The predicted molar refractivity (Wildman–Crippen MR) is 79.5 cm³/mol. The van der Waals surface area contributed by atoms with Crippen LogP contribution in [0.1, 0.15) is 17.4 Å². The summed E-state index contributed by atoms with van der Waals surface area (Å²) in [5.41, 5.74) is 1.14.